The Kier molecular flexibility index (Phi) is 10.0. The molecule has 2 aromatic rings. The molecule has 2 aliphatic heterocycles. The van der Waals surface area contributed by atoms with E-state index in [9.17, 15) is 27.9 Å². The van der Waals surface area contributed by atoms with Gasteiger partial charge in [0.05, 0.1) is 4.90 Å². The quantitative estimate of drug-likeness (QED) is 0.412. The van der Waals surface area contributed by atoms with Crippen LogP contribution in [0, 0.1) is 19.8 Å². The number of carboxylic acids is 1. The van der Waals surface area contributed by atoms with Gasteiger partial charge in [-0.1, -0.05) is 23.2 Å². The molecule has 2 N–H and O–H groups in total. The second kappa shape index (κ2) is 13.1. The van der Waals surface area contributed by atoms with E-state index in [0.29, 0.717) is 25.4 Å². The number of sulfonamides is 1. The van der Waals surface area contributed by atoms with Gasteiger partial charge in [-0.3, -0.25) is 9.59 Å². The topological polar surface area (TPSA) is 129 Å². The Morgan fingerprint density at radius 1 is 1.00 bits per heavy atom. The van der Waals surface area contributed by atoms with Gasteiger partial charge < -0.3 is 19.9 Å². The van der Waals surface area contributed by atoms with E-state index in [0.717, 1.165) is 23.7 Å². The second-order valence-corrected chi connectivity index (χ2v) is 13.6. The summed E-state index contributed by atoms with van der Waals surface area (Å²) in [6.45, 7) is 6.40. The van der Waals surface area contributed by atoms with Crippen molar-refractivity contribution in [3.05, 3.63) is 51.8 Å². The first-order valence-corrected chi connectivity index (χ1v) is 16.0. The number of nitrogens with zero attached hydrogens (tertiary/aromatic N) is 3. The van der Waals surface area contributed by atoms with Gasteiger partial charge in [-0.05, 0) is 82.2 Å². The van der Waals surface area contributed by atoms with E-state index in [1.54, 1.807) is 4.90 Å². The van der Waals surface area contributed by atoms with Crippen LogP contribution in [0.5, 0.6) is 0 Å². The molecule has 4 rings (SSSR count). The number of piperidine rings is 1. The summed E-state index contributed by atoms with van der Waals surface area (Å²) >= 11 is 12.0. The van der Waals surface area contributed by atoms with Crippen molar-refractivity contribution in [3.63, 3.8) is 0 Å². The number of hydrogen-bond acceptors (Lipinski definition) is 5. The molecule has 2 amide bonds. The summed E-state index contributed by atoms with van der Waals surface area (Å²) in [5, 5.41) is 12.5. The van der Waals surface area contributed by atoms with Crippen molar-refractivity contribution in [1.82, 2.24) is 19.1 Å². The van der Waals surface area contributed by atoms with Crippen LogP contribution in [0.25, 0.3) is 0 Å². The van der Waals surface area contributed by atoms with Gasteiger partial charge in [0.1, 0.15) is 12.1 Å². The highest BCUT2D eigenvalue weighted by Gasteiger charge is 2.41. The number of aliphatic carboxylic acids is 1. The molecule has 3 heterocycles. The van der Waals surface area contributed by atoms with Gasteiger partial charge in [-0.25, -0.2) is 13.2 Å². The molecular formula is C28H36Cl2N4O6S. The van der Waals surface area contributed by atoms with Crippen LogP contribution < -0.4 is 5.32 Å². The van der Waals surface area contributed by atoms with Gasteiger partial charge in [0.15, 0.2) is 0 Å². The van der Waals surface area contributed by atoms with E-state index < -0.39 is 34.0 Å². The lowest BCUT2D eigenvalue weighted by molar-refractivity contribution is -0.143. The molecule has 0 aliphatic carbocycles. The summed E-state index contributed by atoms with van der Waals surface area (Å²) in [7, 11) is -4.11. The number of hydrogen-bond donors (Lipinski definition) is 2. The summed E-state index contributed by atoms with van der Waals surface area (Å²) in [4.78, 5) is 39.6. The molecular weight excluding hydrogens is 591 g/mol. The molecule has 224 valence electrons. The zero-order valence-electron chi connectivity index (χ0n) is 23.2. The fourth-order valence-corrected chi connectivity index (χ4v) is 8.05. The first-order valence-electron chi connectivity index (χ1n) is 13.8. The Balaban J connectivity index is 1.31. The molecule has 2 atom stereocenters. The van der Waals surface area contributed by atoms with Crippen LogP contribution in [-0.4, -0.2) is 76.8 Å². The van der Waals surface area contributed by atoms with Gasteiger partial charge in [-0.2, -0.15) is 4.31 Å². The van der Waals surface area contributed by atoms with E-state index in [1.165, 1.54) is 29.6 Å². The minimum Gasteiger partial charge on any atom is -0.480 e. The lowest BCUT2D eigenvalue weighted by Gasteiger charge is -2.33. The van der Waals surface area contributed by atoms with Crippen LogP contribution >= 0.6 is 23.2 Å². The van der Waals surface area contributed by atoms with E-state index in [4.69, 9.17) is 23.2 Å². The molecule has 41 heavy (non-hydrogen) atoms. The van der Waals surface area contributed by atoms with Crippen LogP contribution in [0.4, 0.5) is 0 Å². The molecule has 2 aliphatic rings. The molecule has 0 bridgehead atoms. The standard InChI is InChI=1S/C28H36Cl2N4O6S/c1-18-5-6-19(2)33(18)17-20-9-12-32(13-10-20)26(35)8-7-24(28(37)38)31-27(36)25-4-3-11-34(25)41(39,40)23-15-21(29)14-22(30)16-23/h5-6,14-16,20,24-25H,3-4,7-13,17H2,1-2H3,(H,31,36)(H,37,38)/t24-,25-/m0/s1. The summed E-state index contributed by atoms with van der Waals surface area (Å²) in [6.07, 6.45) is 2.27. The molecule has 2 fully saturated rings. The maximum atomic E-state index is 13.3. The van der Waals surface area contributed by atoms with Crippen molar-refractivity contribution in [2.75, 3.05) is 19.6 Å². The Morgan fingerprint density at radius 3 is 2.20 bits per heavy atom. The molecule has 1 aromatic carbocycles. The molecule has 2 saturated heterocycles. The smallest absolute Gasteiger partial charge is 0.326 e. The molecule has 0 spiro atoms. The van der Waals surface area contributed by atoms with Gasteiger partial charge >= 0.3 is 5.97 Å². The number of aryl methyl sites for hydroxylation is 2. The summed E-state index contributed by atoms with van der Waals surface area (Å²) in [5.74, 6) is -1.68. The fourth-order valence-electron chi connectivity index (χ4n) is 5.66. The number of rotatable bonds is 10. The molecule has 1 aromatic heterocycles. The Morgan fingerprint density at radius 2 is 1.61 bits per heavy atom. The summed E-state index contributed by atoms with van der Waals surface area (Å²) < 4.78 is 29.9. The van der Waals surface area contributed by atoms with Crippen LogP contribution in [0.3, 0.4) is 0 Å². The van der Waals surface area contributed by atoms with Crippen LogP contribution in [-0.2, 0) is 31.0 Å². The number of aromatic nitrogens is 1. The van der Waals surface area contributed by atoms with Crippen molar-refractivity contribution in [2.24, 2.45) is 5.92 Å². The van der Waals surface area contributed by atoms with E-state index >= 15 is 0 Å². The van der Waals surface area contributed by atoms with Gasteiger partial charge in [0, 0.05) is 54.0 Å². The molecule has 0 saturated carbocycles. The van der Waals surface area contributed by atoms with Gasteiger partial charge in [0.2, 0.25) is 21.8 Å². The summed E-state index contributed by atoms with van der Waals surface area (Å²) in [5.41, 5.74) is 2.44. The van der Waals surface area contributed by atoms with Gasteiger partial charge in [0.25, 0.3) is 0 Å². The number of benzene rings is 1. The first kappa shape index (κ1) is 31.3. The van der Waals surface area contributed by atoms with Crippen LogP contribution in [0.1, 0.15) is 49.9 Å². The van der Waals surface area contributed by atoms with E-state index in [2.05, 4.69) is 35.9 Å². The van der Waals surface area contributed by atoms with Crippen LogP contribution in [0.15, 0.2) is 35.2 Å². The third-order valence-corrected chi connectivity index (χ3v) is 10.4. The summed E-state index contributed by atoms with van der Waals surface area (Å²) in [6, 6.07) is 5.72. The zero-order valence-corrected chi connectivity index (χ0v) is 25.5. The number of carbonyl (C=O) groups excluding carboxylic acids is 2. The van der Waals surface area contributed by atoms with Crippen molar-refractivity contribution in [2.45, 2.75) is 75.9 Å². The molecule has 0 radical (unpaired) electrons. The molecule has 10 nitrogen and oxygen atoms in total. The second-order valence-electron chi connectivity index (χ2n) is 10.9. The maximum absolute atomic E-state index is 13.3. The first-order chi connectivity index (χ1) is 19.4. The monoisotopic (exact) mass is 626 g/mol. The number of halogens is 2. The number of likely N-dealkylation sites (tertiary alicyclic amines) is 1. The Labute approximate surface area is 250 Å². The number of carboxylic acid groups (broad SMARTS) is 1. The van der Waals surface area contributed by atoms with Crippen molar-refractivity contribution >= 4 is 51.0 Å². The van der Waals surface area contributed by atoms with E-state index in [-0.39, 0.29) is 46.7 Å². The van der Waals surface area contributed by atoms with Crippen molar-refractivity contribution in [3.8, 4) is 0 Å². The number of nitrogens with one attached hydrogen (secondary N) is 1. The SMILES string of the molecule is Cc1ccc(C)n1CC1CCN(C(=O)CC[C@H](NC(=O)[C@@H]2CCCN2S(=O)(=O)c2cc(Cl)cc(Cl)c2)C(=O)O)CC1. The predicted octanol–water partition coefficient (Wildman–Crippen LogP) is 3.85. The average molecular weight is 628 g/mol. The highest BCUT2D eigenvalue weighted by molar-refractivity contribution is 7.89. The molecule has 13 heteroatoms. The number of carbonyl (C=O) groups is 3. The lowest BCUT2D eigenvalue weighted by Crippen LogP contribution is -2.51. The highest BCUT2D eigenvalue weighted by atomic mass is 35.5. The highest BCUT2D eigenvalue weighted by Crippen LogP contribution is 2.30. The van der Waals surface area contributed by atoms with Crippen molar-refractivity contribution < 1.29 is 27.9 Å². The van der Waals surface area contributed by atoms with Crippen LogP contribution in [0.2, 0.25) is 10.0 Å². The van der Waals surface area contributed by atoms with Gasteiger partial charge in [-0.15, -0.1) is 0 Å². The third-order valence-electron chi connectivity index (χ3n) is 8.04. The lowest BCUT2D eigenvalue weighted by atomic mass is 9.96. The zero-order chi connectivity index (χ0) is 29.9. The third kappa shape index (κ3) is 7.43. The Bertz CT molecular complexity index is 1360. The molecule has 0 unspecified atom stereocenters. The number of amides is 2. The maximum Gasteiger partial charge on any atom is 0.326 e. The fraction of sp³-hybridized carbons (Fsp3) is 0.536. The minimum absolute atomic E-state index is 0.0363. The largest absolute Gasteiger partial charge is 0.480 e. The normalized spacial score (nSPS) is 19.3. The van der Waals surface area contributed by atoms with E-state index in [1.807, 2.05) is 0 Å². The Hall–Kier alpha value is -2.60. The van der Waals surface area contributed by atoms with Crippen molar-refractivity contribution in [1.29, 1.82) is 0 Å². The predicted molar refractivity (Wildman–Crippen MR) is 155 cm³/mol. The average Bonchev–Trinajstić information content (AvgIpc) is 3.54. The minimum atomic E-state index is -4.11.